The molecule has 0 bridgehead atoms. The molecule has 0 aliphatic carbocycles. The Morgan fingerprint density at radius 3 is 2.53 bits per heavy atom. The largest absolute Gasteiger partial charge is 0.467 e. The monoisotopic (exact) mass is 299 g/mol. The minimum absolute atomic E-state index is 0.137. The summed E-state index contributed by atoms with van der Waals surface area (Å²) >= 11 is 11.1. The Morgan fingerprint density at radius 2 is 2.00 bits per heavy atom. The van der Waals surface area contributed by atoms with E-state index in [2.05, 4.69) is 15.0 Å². The predicted molar refractivity (Wildman–Crippen MR) is 63.4 cm³/mol. The Bertz CT molecular complexity index is 495. The fourth-order valence-corrected chi connectivity index (χ4v) is 2.89. The van der Waals surface area contributed by atoms with E-state index < -0.39 is 20.2 Å². The molecule has 0 spiro atoms. The molecular weight excluding hydrogens is 289 g/mol. The van der Waals surface area contributed by atoms with Gasteiger partial charge in [0, 0.05) is 5.88 Å². The molecule has 0 saturated heterocycles. The van der Waals surface area contributed by atoms with Crippen LogP contribution in [0.3, 0.4) is 0 Å². The van der Waals surface area contributed by atoms with Gasteiger partial charge in [0.25, 0.3) is 5.16 Å². The fourth-order valence-electron chi connectivity index (χ4n) is 1.02. The number of sulfone groups is 1. The molecule has 1 aromatic rings. The summed E-state index contributed by atoms with van der Waals surface area (Å²) in [6.45, 7) is 1.53. The molecule has 1 rings (SSSR count). The normalized spacial score (nSPS) is 13.4. The van der Waals surface area contributed by atoms with Crippen molar-refractivity contribution in [3.8, 4) is 6.01 Å². The minimum Gasteiger partial charge on any atom is -0.467 e. The summed E-state index contributed by atoms with van der Waals surface area (Å²) in [6, 6.07) is -0.137. The van der Waals surface area contributed by atoms with Crippen molar-refractivity contribution in [1.29, 1.82) is 0 Å². The van der Waals surface area contributed by atoms with E-state index in [0.717, 1.165) is 0 Å². The summed E-state index contributed by atoms with van der Waals surface area (Å²) in [5, 5.41) is -1.32. The molecule has 0 fully saturated rings. The fraction of sp³-hybridized carbons (Fsp3) is 0.625. The quantitative estimate of drug-likeness (QED) is 0.763. The Morgan fingerprint density at radius 1 is 1.35 bits per heavy atom. The summed E-state index contributed by atoms with van der Waals surface area (Å²) < 4.78 is 28.8. The molecule has 1 heterocycles. The molecule has 0 amide bonds. The highest BCUT2D eigenvalue weighted by Crippen LogP contribution is 2.18. The Labute approximate surface area is 109 Å². The molecule has 0 aliphatic rings. The first-order chi connectivity index (χ1) is 7.91. The molecule has 6 nitrogen and oxygen atoms in total. The van der Waals surface area contributed by atoms with Crippen LogP contribution < -0.4 is 4.74 Å². The van der Waals surface area contributed by atoms with Gasteiger partial charge in [0.2, 0.25) is 15.1 Å². The summed E-state index contributed by atoms with van der Waals surface area (Å²) in [7, 11) is -2.36. The van der Waals surface area contributed by atoms with E-state index in [1.807, 2.05) is 0 Å². The number of aromatic nitrogens is 3. The van der Waals surface area contributed by atoms with Crippen molar-refractivity contribution < 1.29 is 13.2 Å². The van der Waals surface area contributed by atoms with E-state index in [1.165, 1.54) is 14.0 Å². The van der Waals surface area contributed by atoms with E-state index in [1.54, 1.807) is 0 Å². The van der Waals surface area contributed by atoms with Crippen LogP contribution in [0.25, 0.3) is 0 Å². The molecule has 0 radical (unpaired) electrons. The Hall–Kier alpha value is -0.660. The minimum atomic E-state index is -3.67. The lowest BCUT2D eigenvalue weighted by Crippen LogP contribution is -2.21. The summed E-state index contributed by atoms with van der Waals surface area (Å²) in [6.07, 6.45) is 0.301. The predicted octanol–water partition coefficient (Wildman–Crippen LogP) is 1.32. The lowest BCUT2D eigenvalue weighted by Gasteiger charge is -2.10. The molecule has 1 aromatic heterocycles. The third kappa shape index (κ3) is 3.40. The third-order valence-corrected chi connectivity index (χ3v) is 4.42. The first-order valence-electron chi connectivity index (χ1n) is 4.67. The van der Waals surface area contributed by atoms with E-state index in [-0.39, 0.29) is 17.2 Å². The van der Waals surface area contributed by atoms with E-state index in [4.69, 9.17) is 27.9 Å². The van der Waals surface area contributed by atoms with Gasteiger partial charge in [-0.25, -0.2) is 8.42 Å². The number of methoxy groups -OCH3 is 1. The molecule has 96 valence electrons. The van der Waals surface area contributed by atoms with Gasteiger partial charge in [-0.3, -0.25) is 0 Å². The second kappa shape index (κ2) is 5.79. The molecule has 1 atom stereocenters. The number of rotatable bonds is 5. The van der Waals surface area contributed by atoms with Gasteiger partial charge in [-0.2, -0.15) is 15.0 Å². The zero-order valence-electron chi connectivity index (χ0n) is 9.22. The molecule has 0 aliphatic heterocycles. The highest BCUT2D eigenvalue weighted by molar-refractivity contribution is 7.91. The zero-order valence-corrected chi connectivity index (χ0v) is 11.6. The average molecular weight is 300 g/mol. The number of nitrogens with zero attached hydrogens (tertiary/aromatic N) is 3. The topological polar surface area (TPSA) is 82.0 Å². The van der Waals surface area contributed by atoms with Gasteiger partial charge in [0.15, 0.2) is 0 Å². The van der Waals surface area contributed by atoms with Gasteiger partial charge in [-0.1, -0.05) is 0 Å². The van der Waals surface area contributed by atoms with Gasteiger partial charge in [0.1, 0.15) is 0 Å². The van der Waals surface area contributed by atoms with Crippen LogP contribution in [-0.4, -0.2) is 41.6 Å². The standard InChI is InChI=1S/C8H11Cl2N3O3S/c1-5(3-4-9)17(14,15)8-12-6(10)11-7(13-8)16-2/h5H,3-4H2,1-2H3. The lowest BCUT2D eigenvalue weighted by molar-refractivity contribution is 0.371. The molecular formula is C8H11Cl2N3O3S. The molecule has 1 unspecified atom stereocenters. The first-order valence-corrected chi connectivity index (χ1v) is 7.13. The molecule has 9 heteroatoms. The summed E-state index contributed by atoms with van der Waals surface area (Å²) in [4.78, 5) is 10.9. The van der Waals surface area contributed by atoms with Crippen molar-refractivity contribution in [3.05, 3.63) is 5.28 Å². The molecule has 17 heavy (non-hydrogen) atoms. The van der Waals surface area contributed by atoms with Crippen LogP contribution in [0.1, 0.15) is 13.3 Å². The van der Waals surface area contributed by atoms with E-state index in [9.17, 15) is 8.42 Å². The Kier molecular flexibility index (Phi) is 4.91. The van der Waals surface area contributed by atoms with Crippen molar-refractivity contribution in [3.63, 3.8) is 0 Å². The van der Waals surface area contributed by atoms with Gasteiger partial charge < -0.3 is 4.74 Å². The van der Waals surface area contributed by atoms with Crippen LogP contribution in [0.2, 0.25) is 5.28 Å². The molecule has 0 saturated carbocycles. The summed E-state index contributed by atoms with van der Waals surface area (Å²) in [5.41, 5.74) is 0. The van der Waals surface area contributed by atoms with Crippen molar-refractivity contribution in [2.24, 2.45) is 0 Å². The lowest BCUT2D eigenvalue weighted by atomic mass is 10.4. The smallest absolute Gasteiger partial charge is 0.321 e. The van der Waals surface area contributed by atoms with Crippen molar-refractivity contribution in [1.82, 2.24) is 15.0 Å². The van der Waals surface area contributed by atoms with Crippen LogP contribution in [0.15, 0.2) is 5.16 Å². The second-order valence-electron chi connectivity index (χ2n) is 3.21. The van der Waals surface area contributed by atoms with Crippen LogP contribution in [0, 0.1) is 0 Å². The molecule has 0 aromatic carbocycles. The van der Waals surface area contributed by atoms with E-state index >= 15 is 0 Å². The number of ether oxygens (including phenoxy) is 1. The van der Waals surface area contributed by atoms with Gasteiger partial charge in [-0.15, -0.1) is 11.6 Å². The zero-order chi connectivity index (χ0) is 13.1. The average Bonchev–Trinajstić information content (AvgIpc) is 2.28. The SMILES string of the molecule is COc1nc(Cl)nc(S(=O)(=O)C(C)CCCl)n1. The van der Waals surface area contributed by atoms with Crippen molar-refractivity contribution in [2.75, 3.05) is 13.0 Å². The molecule has 0 N–H and O–H groups in total. The van der Waals surface area contributed by atoms with Crippen LogP contribution in [-0.2, 0) is 9.84 Å². The van der Waals surface area contributed by atoms with Gasteiger partial charge in [0.05, 0.1) is 12.4 Å². The maximum Gasteiger partial charge on any atom is 0.321 e. The second-order valence-corrected chi connectivity index (χ2v) is 6.18. The number of hydrogen-bond donors (Lipinski definition) is 0. The maximum absolute atomic E-state index is 12.0. The van der Waals surface area contributed by atoms with Crippen LogP contribution in [0.5, 0.6) is 6.01 Å². The first kappa shape index (κ1) is 14.4. The van der Waals surface area contributed by atoms with Gasteiger partial charge in [-0.05, 0) is 24.9 Å². The highest BCUT2D eigenvalue weighted by Gasteiger charge is 2.27. The third-order valence-electron chi connectivity index (χ3n) is 2.05. The van der Waals surface area contributed by atoms with Crippen LogP contribution >= 0.6 is 23.2 Å². The van der Waals surface area contributed by atoms with Crippen LogP contribution in [0.4, 0.5) is 0 Å². The number of alkyl halides is 1. The maximum atomic E-state index is 12.0. The Balaban J connectivity index is 3.19. The summed E-state index contributed by atoms with van der Waals surface area (Å²) in [5.74, 6) is 0.232. The van der Waals surface area contributed by atoms with E-state index in [0.29, 0.717) is 6.42 Å². The van der Waals surface area contributed by atoms with Crippen molar-refractivity contribution in [2.45, 2.75) is 23.8 Å². The highest BCUT2D eigenvalue weighted by atomic mass is 35.5. The number of hydrogen-bond acceptors (Lipinski definition) is 6. The number of halogens is 2. The van der Waals surface area contributed by atoms with Crippen molar-refractivity contribution >= 4 is 33.0 Å². The van der Waals surface area contributed by atoms with Gasteiger partial charge >= 0.3 is 6.01 Å².